The van der Waals surface area contributed by atoms with Crippen LogP contribution in [0.15, 0.2) is 48.5 Å². The Labute approximate surface area is 124 Å². The number of para-hydroxylation sites is 1. The van der Waals surface area contributed by atoms with E-state index in [1.54, 1.807) is 30.3 Å². The summed E-state index contributed by atoms with van der Waals surface area (Å²) >= 11 is 5.89. The molecule has 0 heterocycles. The molecule has 1 N–H and O–H groups in total. The van der Waals surface area contributed by atoms with Crippen molar-refractivity contribution in [2.24, 2.45) is 0 Å². The van der Waals surface area contributed by atoms with Crippen molar-refractivity contribution < 1.29 is 19.6 Å². The second-order valence-electron chi connectivity index (χ2n) is 4.09. The molecule has 0 amide bonds. The molecule has 0 aliphatic rings. The molecule has 6 nitrogen and oxygen atoms in total. The van der Waals surface area contributed by atoms with E-state index in [1.807, 2.05) is 0 Å². The monoisotopic (exact) mass is 307 g/mol. The van der Waals surface area contributed by atoms with Crippen molar-refractivity contribution in [1.82, 2.24) is 0 Å². The minimum absolute atomic E-state index is 0.0219. The molecule has 0 saturated heterocycles. The number of nitrogens with zero attached hydrogens (tertiary/aromatic N) is 1. The maximum Gasteiger partial charge on any atom is 0.349 e. The Kier molecular flexibility index (Phi) is 4.39. The first-order chi connectivity index (χ1) is 10.0. The van der Waals surface area contributed by atoms with Gasteiger partial charge in [0.2, 0.25) is 11.9 Å². The van der Waals surface area contributed by atoms with E-state index in [0.29, 0.717) is 5.56 Å². The SMILES string of the molecule is O=C(O)C(Oc1c(Cl)cccc1[N+](=O)[O-])c1ccccc1. The highest BCUT2D eigenvalue weighted by Crippen LogP contribution is 2.37. The Morgan fingerprint density at radius 3 is 2.43 bits per heavy atom. The second kappa shape index (κ2) is 6.23. The number of rotatable bonds is 5. The molecule has 0 radical (unpaired) electrons. The topological polar surface area (TPSA) is 89.7 Å². The molecule has 21 heavy (non-hydrogen) atoms. The van der Waals surface area contributed by atoms with Crippen molar-refractivity contribution in [3.05, 3.63) is 69.2 Å². The molecule has 0 spiro atoms. The van der Waals surface area contributed by atoms with Crippen molar-refractivity contribution in [2.45, 2.75) is 6.10 Å². The molecule has 7 heteroatoms. The van der Waals surface area contributed by atoms with Crippen LogP contribution in [-0.2, 0) is 4.79 Å². The lowest BCUT2D eigenvalue weighted by Crippen LogP contribution is -2.18. The normalized spacial score (nSPS) is 11.7. The maximum atomic E-state index is 11.4. The molecular formula is C14H10ClNO5. The maximum absolute atomic E-state index is 11.4. The van der Waals surface area contributed by atoms with Crippen molar-refractivity contribution >= 4 is 23.3 Å². The number of carbonyl (C=O) groups is 1. The van der Waals surface area contributed by atoms with Gasteiger partial charge in [0.1, 0.15) is 0 Å². The molecule has 0 fully saturated rings. The molecule has 0 bridgehead atoms. The van der Waals surface area contributed by atoms with Gasteiger partial charge in [-0.1, -0.05) is 48.0 Å². The number of aliphatic carboxylic acids is 1. The van der Waals surface area contributed by atoms with E-state index in [9.17, 15) is 20.0 Å². The van der Waals surface area contributed by atoms with Crippen LogP contribution < -0.4 is 4.74 Å². The Balaban J connectivity index is 2.43. The second-order valence-corrected chi connectivity index (χ2v) is 4.50. The van der Waals surface area contributed by atoms with E-state index in [1.165, 1.54) is 18.2 Å². The number of hydrogen-bond donors (Lipinski definition) is 1. The van der Waals surface area contributed by atoms with Crippen LogP contribution in [0.3, 0.4) is 0 Å². The summed E-state index contributed by atoms with van der Waals surface area (Å²) in [6.07, 6.45) is -1.38. The van der Waals surface area contributed by atoms with Crippen molar-refractivity contribution in [3.8, 4) is 5.75 Å². The minimum Gasteiger partial charge on any atom is -0.478 e. The van der Waals surface area contributed by atoms with Gasteiger partial charge < -0.3 is 9.84 Å². The zero-order valence-corrected chi connectivity index (χ0v) is 11.4. The van der Waals surface area contributed by atoms with Gasteiger partial charge in [0.25, 0.3) is 0 Å². The highest BCUT2D eigenvalue weighted by Gasteiger charge is 2.27. The van der Waals surface area contributed by atoms with Crippen molar-refractivity contribution in [3.63, 3.8) is 0 Å². The third kappa shape index (κ3) is 3.29. The Morgan fingerprint density at radius 1 is 1.19 bits per heavy atom. The van der Waals surface area contributed by atoms with Crippen molar-refractivity contribution in [2.75, 3.05) is 0 Å². The lowest BCUT2D eigenvalue weighted by Gasteiger charge is -2.16. The first-order valence-corrected chi connectivity index (χ1v) is 6.26. The number of benzene rings is 2. The summed E-state index contributed by atoms with van der Waals surface area (Å²) in [6.45, 7) is 0. The van der Waals surface area contributed by atoms with E-state index in [2.05, 4.69) is 0 Å². The Morgan fingerprint density at radius 2 is 1.86 bits per heavy atom. The third-order valence-electron chi connectivity index (χ3n) is 2.71. The molecule has 2 rings (SSSR count). The van der Waals surface area contributed by atoms with Crippen LogP contribution in [0.4, 0.5) is 5.69 Å². The van der Waals surface area contributed by atoms with Crippen LogP contribution in [0, 0.1) is 10.1 Å². The number of nitro benzene ring substituents is 1. The molecule has 1 atom stereocenters. The lowest BCUT2D eigenvalue weighted by molar-refractivity contribution is -0.386. The first kappa shape index (κ1) is 14.8. The molecule has 2 aromatic carbocycles. The molecule has 108 valence electrons. The minimum atomic E-state index is -1.38. The van der Waals surface area contributed by atoms with Gasteiger partial charge in [-0.25, -0.2) is 4.79 Å². The standard InChI is InChI=1S/C14H10ClNO5/c15-10-7-4-8-11(16(19)20)13(10)21-12(14(17)18)9-5-2-1-3-6-9/h1-8,12H,(H,17,18). The average Bonchev–Trinajstić information content (AvgIpc) is 2.46. The van der Waals surface area contributed by atoms with E-state index >= 15 is 0 Å². The van der Waals surface area contributed by atoms with E-state index in [0.717, 1.165) is 0 Å². The fraction of sp³-hybridized carbons (Fsp3) is 0.0714. The van der Waals surface area contributed by atoms with Crippen LogP contribution in [0.2, 0.25) is 5.02 Å². The number of ether oxygens (including phenoxy) is 1. The number of hydrogen-bond acceptors (Lipinski definition) is 4. The summed E-state index contributed by atoms with van der Waals surface area (Å²) < 4.78 is 5.31. The number of carboxylic acids is 1. The van der Waals surface area contributed by atoms with Gasteiger partial charge in [0, 0.05) is 11.6 Å². The average molecular weight is 308 g/mol. The summed E-state index contributed by atoms with van der Waals surface area (Å²) in [5, 5.41) is 20.2. The smallest absolute Gasteiger partial charge is 0.349 e. The zero-order chi connectivity index (χ0) is 15.4. The van der Waals surface area contributed by atoms with Gasteiger partial charge in [-0.15, -0.1) is 0 Å². The first-order valence-electron chi connectivity index (χ1n) is 5.88. The number of nitro groups is 1. The molecule has 0 aliphatic carbocycles. The predicted molar refractivity (Wildman–Crippen MR) is 75.6 cm³/mol. The molecule has 2 aromatic rings. The van der Waals surface area contributed by atoms with Crippen LogP contribution in [0.1, 0.15) is 11.7 Å². The van der Waals surface area contributed by atoms with Gasteiger partial charge in [-0.3, -0.25) is 10.1 Å². The van der Waals surface area contributed by atoms with Crippen LogP contribution in [0.25, 0.3) is 0 Å². The zero-order valence-electron chi connectivity index (χ0n) is 10.6. The van der Waals surface area contributed by atoms with Gasteiger partial charge >= 0.3 is 11.7 Å². The molecule has 0 saturated carbocycles. The fourth-order valence-electron chi connectivity index (χ4n) is 1.76. The van der Waals surface area contributed by atoms with Crippen LogP contribution >= 0.6 is 11.6 Å². The highest BCUT2D eigenvalue weighted by atomic mass is 35.5. The summed E-state index contributed by atoms with van der Waals surface area (Å²) in [5.74, 6) is -1.53. The fourth-order valence-corrected chi connectivity index (χ4v) is 1.98. The predicted octanol–water partition coefficient (Wildman–Crippen LogP) is 3.45. The number of halogens is 1. The summed E-state index contributed by atoms with van der Waals surface area (Å²) in [5.41, 5.74) is -0.0242. The van der Waals surface area contributed by atoms with Crippen molar-refractivity contribution in [1.29, 1.82) is 0 Å². The van der Waals surface area contributed by atoms with E-state index in [4.69, 9.17) is 16.3 Å². The quantitative estimate of drug-likeness (QED) is 0.675. The Bertz CT molecular complexity index is 674. The van der Waals surface area contributed by atoms with E-state index in [-0.39, 0.29) is 16.5 Å². The largest absolute Gasteiger partial charge is 0.478 e. The third-order valence-corrected chi connectivity index (χ3v) is 3.00. The van der Waals surface area contributed by atoms with Gasteiger partial charge in [0.05, 0.1) is 9.95 Å². The van der Waals surface area contributed by atoms with E-state index < -0.39 is 17.0 Å². The lowest BCUT2D eigenvalue weighted by atomic mass is 10.1. The van der Waals surface area contributed by atoms with Crippen LogP contribution in [0.5, 0.6) is 5.75 Å². The highest BCUT2D eigenvalue weighted by molar-refractivity contribution is 6.32. The molecule has 1 unspecified atom stereocenters. The van der Waals surface area contributed by atoms with Gasteiger partial charge in [0.15, 0.2) is 0 Å². The Hall–Kier alpha value is -2.60. The van der Waals surface area contributed by atoms with Gasteiger partial charge in [-0.05, 0) is 6.07 Å². The van der Waals surface area contributed by atoms with Crippen LogP contribution in [-0.4, -0.2) is 16.0 Å². The summed E-state index contributed by atoms with van der Waals surface area (Å²) in [6, 6.07) is 12.1. The molecule has 0 aliphatic heterocycles. The summed E-state index contributed by atoms with van der Waals surface area (Å²) in [4.78, 5) is 21.7. The summed E-state index contributed by atoms with van der Waals surface area (Å²) in [7, 11) is 0. The van der Waals surface area contributed by atoms with Gasteiger partial charge in [-0.2, -0.15) is 0 Å². The number of carboxylic acid groups (broad SMARTS) is 1. The molecular weight excluding hydrogens is 298 g/mol. The molecule has 0 aromatic heterocycles.